The lowest BCUT2D eigenvalue weighted by molar-refractivity contribution is -0.139. The van der Waals surface area contributed by atoms with Crippen LogP contribution in [0.15, 0.2) is 0 Å². The lowest BCUT2D eigenvalue weighted by Crippen LogP contribution is -2.54. The fraction of sp³-hybridized carbons (Fsp3) is 0.909. The van der Waals surface area contributed by atoms with Crippen LogP contribution in [-0.4, -0.2) is 78.2 Å². The first kappa shape index (κ1) is 22.4. The summed E-state index contributed by atoms with van der Waals surface area (Å²) in [6.07, 6.45) is 5.87. The molecule has 0 bridgehead atoms. The Hall–Kier alpha value is -0.940. The van der Waals surface area contributed by atoms with E-state index in [1.54, 1.807) is 6.92 Å². The van der Waals surface area contributed by atoms with Gasteiger partial charge in [-0.1, -0.05) is 20.8 Å². The van der Waals surface area contributed by atoms with Crippen LogP contribution in [0, 0.1) is 11.8 Å². The number of piperidine rings is 1. The predicted molar refractivity (Wildman–Crippen MR) is 111 cm³/mol. The number of rotatable bonds is 4. The van der Waals surface area contributed by atoms with E-state index in [4.69, 9.17) is 0 Å². The van der Waals surface area contributed by atoms with Crippen LogP contribution in [0.25, 0.3) is 0 Å². The molecule has 156 valence electrons. The number of carbonyl (C=O) groups is 2. The molecule has 3 fully saturated rings. The van der Waals surface area contributed by atoms with E-state index in [1.807, 2.05) is 13.8 Å². The highest BCUT2D eigenvalue weighted by Gasteiger charge is 2.34. The summed E-state index contributed by atoms with van der Waals surface area (Å²) in [5, 5.41) is 0. The van der Waals surface area contributed by atoms with Crippen molar-refractivity contribution in [2.45, 2.75) is 72.3 Å². The van der Waals surface area contributed by atoms with Gasteiger partial charge in [-0.05, 0) is 52.0 Å². The van der Waals surface area contributed by atoms with E-state index in [2.05, 4.69) is 21.6 Å². The van der Waals surface area contributed by atoms with Gasteiger partial charge >= 0.3 is 0 Å². The summed E-state index contributed by atoms with van der Waals surface area (Å²) in [5.74, 6) is 1.03. The van der Waals surface area contributed by atoms with Gasteiger partial charge in [-0.15, -0.1) is 0 Å². The molecule has 0 aromatic carbocycles. The molecule has 0 atom stereocenters. The molecule has 0 unspecified atom stereocenters. The Morgan fingerprint density at radius 3 is 1.78 bits per heavy atom. The first-order chi connectivity index (χ1) is 13.1. The fourth-order valence-electron chi connectivity index (χ4n) is 4.90. The molecule has 3 rings (SSSR count). The Kier molecular flexibility index (Phi) is 9.24. The Bertz CT molecular complexity index is 458. The summed E-state index contributed by atoms with van der Waals surface area (Å²) >= 11 is 0. The largest absolute Gasteiger partial charge is 0.342 e. The maximum Gasteiger partial charge on any atom is 0.225 e. The van der Waals surface area contributed by atoms with Crippen LogP contribution in [0.4, 0.5) is 0 Å². The number of hydrogen-bond donors (Lipinski definition) is 0. The molecule has 2 saturated heterocycles. The summed E-state index contributed by atoms with van der Waals surface area (Å²) in [4.78, 5) is 31.6. The highest BCUT2D eigenvalue weighted by Crippen LogP contribution is 2.31. The smallest absolute Gasteiger partial charge is 0.225 e. The molecule has 1 saturated carbocycles. The zero-order chi connectivity index (χ0) is 19.8. The summed E-state index contributed by atoms with van der Waals surface area (Å²) in [7, 11) is 0. The van der Waals surface area contributed by atoms with Crippen LogP contribution < -0.4 is 0 Å². The molecule has 5 heteroatoms. The van der Waals surface area contributed by atoms with Crippen LogP contribution in [0.5, 0.6) is 0 Å². The highest BCUT2D eigenvalue weighted by atomic mass is 16.2. The normalized spacial score (nSPS) is 28.4. The Balaban J connectivity index is 0.00000126. The summed E-state index contributed by atoms with van der Waals surface area (Å²) in [6, 6.07) is 0.663. The first-order valence-corrected chi connectivity index (χ1v) is 11.3. The van der Waals surface area contributed by atoms with Gasteiger partial charge in [0.2, 0.25) is 5.91 Å². The molecule has 5 nitrogen and oxygen atoms in total. The maximum absolute atomic E-state index is 12.8. The number of amides is 1. The molecule has 2 heterocycles. The number of Topliss-reactive ketones (excluding diaryl/α,β-unsaturated/α-hetero) is 1. The zero-order valence-electron chi connectivity index (χ0n) is 18.1. The minimum atomic E-state index is 0.167. The third-order valence-electron chi connectivity index (χ3n) is 6.80. The number of nitrogens with zero attached hydrogens (tertiary/aromatic N) is 3. The monoisotopic (exact) mass is 379 g/mol. The van der Waals surface area contributed by atoms with Crippen LogP contribution in [0.1, 0.15) is 66.2 Å². The molecule has 0 N–H and O–H groups in total. The van der Waals surface area contributed by atoms with Crippen LogP contribution in [0.3, 0.4) is 0 Å². The van der Waals surface area contributed by atoms with Gasteiger partial charge in [0.25, 0.3) is 0 Å². The molecule has 3 aliphatic rings. The van der Waals surface area contributed by atoms with Crippen molar-refractivity contribution in [1.29, 1.82) is 0 Å². The quantitative estimate of drug-likeness (QED) is 0.753. The molecule has 2 aliphatic heterocycles. The second-order valence-corrected chi connectivity index (χ2v) is 8.19. The Morgan fingerprint density at radius 2 is 1.30 bits per heavy atom. The standard InChI is InChI=1S/C20H35N3O2.C2H6/c1-3-21-12-14-22(15-13-21)19-8-10-23(11-9-19)20(25)18-6-4-17(5-7-18)16(2)24;1-2/h17-19H,3-15H2,1-2H3;1-2H3. The van der Waals surface area contributed by atoms with E-state index in [0.717, 1.165) is 58.2 Å². The van der Waals surface area contributed by atoms with E-state index < -0.39 is 0 Å². The Labute approximate surface area is 166 Å². The number of likely N-dealkylation sites (N-methyl/N-ethyl adjacent to an activating group) is 1. The van der Waals surface area contributed by atoms with Gasteiger partial charge < -0.3 is 9.80 Å². The van der Waals surface area contributed by atoms with Gasteiger partial charge in [0.15, 0.2) is 0 Å². The van der Waals surface area contributed by atoms with Crippen LogP contribution >= 0.6 is 0 Å². The lowest BCUT2D eigenvalue weighted by atomic mass is 9.79. The average molecular weight is 380 g/mol. The van der Waals surface area contributed by atoms with Crippen molar-refractivity contribution in [3.63, 3.8) is 0 Å². The van der Waals surface area contributed by atoms with E-state index in [0.29, 0.717) is 17.7 Å². The van der Waals surface area contributed by atoms with Gasteiger partial charge in [-0.2, -0.15) is 0 Å². The van der Waals surface area contributed by atoms with Gasteiger partial charge in [-0.25, -0.2) is 0 Å². The second-order valence-electron chi connectivity index (χ2n) is 8.19. The van der Waals surface area contributed by atoms with Crippen LogP contribution in [0.2, 0.25) is 0 Å². The number of piperazine rings is 1. The van der Waals surface area contributed by atoms with Gasteiger partial charge in [0, 0.05) is 57.1 Å². The van der Waals surface area contributed by atoms with E-state index >= 15 is 0 Å². The van der Waals surface area contributed by atoms with Crippen LogP contribution in [-0.2, 0) is 9.59 Å². The first-order valence-electron chi connectivity index (χ1n) is 11.3. The minimum absolute atomic E-state index is 0.167. The van der Waals surface area contributed by atoms with Crippen molar-refractivity contribution in [2.75, 3.05) is 45.8 Å². The number of hydrogen-bond acceptors (Lipinski definition) is 4. The number of carbonyl (C=O) groups excluding carboxylic acids is 2. The zero-order valence-corrected chi connectivity index (χ0v) is 18.1. The van der Waals surface area contributed by atoms with E-state index in [-0.39, 0.29) is 11.8 Å². The topological polar surface area (TPSA) is 43.9 Å². The van der Waals surface area contributed by atoms with Gasteiger partial charge in [-0.3, -0.25) is 14.5 Å². The van der Waals surface area contributed by atoms with Gasteiger partial charge in [0.05, 0.1) is 0 Å². The molecule has 0 aromatic heterocycles. The summed E-state index contributed by atoms with van der Waals surface area (Å²) < 4.78 is 0. The SMILES string of the molecule is CC.CCN1CCN(C2CCN(C(=O)C3CCC(C(C)=O)CC3)CC2)CC1. The highest BCUT2D eigenvalue weighted by molar-refractivity contribution is 5.81. The average Bonchev–Trinajstić information content (AvgIpc) is 2.75. The molecule has 27 heavy (non-hydrogen) atoms. The third-order valence-corrected chi connectivity index (χ3v) is 6.80. The van der Waals surface area contributed by atoms with Gasteiger partial charge in [0.1, 0.15) is 5.78 Å². The molecule has 0 spiro atoms. The van der Waals surface area contributed by atoms with E-state index in [9.17, 15) is 9.59 Å². The maximum atomic E-state index is 12.8. The third kappa shape index (κ3) is 6.02. The van der Waals surface area contributed by atoms with Crippen molar-refractivity contribution in [3.05, 3.63) is 0 Å². The fourth-order valence-corrected chi connectivity index (χ4v) is 4.90. The molecule has 0 radical (unpaired) electrons. The van der Waals surface area contributed by atoms with Crippen molar-refractivity contribution in [3.8, 4) is 0 Å². The lowest BCUT2D eigenvalue weighted by Gasteiger charge is -2.43. The van der Waals surface area contributed by atoms with Crippen molar-refractivity contribution < 1.29 is 9.59 Å². The predicted octanol–water partition coefficient (Wildman–Crippen LogP) is 3.04. The van der Waals surface area contributed by atoms with Crippen molar-refractivity contribution >= 4 is 11.7 Å². The molecular formula is C22H41N3O2. The van der Waals surface area contributed by atoms with Crippen molar-refractivity contribution in [2.24, 2.45) is 11.8 Å². The van der Waals surface area contributed by atoms with E-state index in [1.165, 1.54) is 26.2 Å². The Morgan fingerprint density at radius 1 is 0.778 bits per heavy atom. The number of likely N-dealkylation sites (tertiary alicyclic amines) is 1. The molecule has 1 aliphatic carbocycles. The minimum Gasteiger partial charge on any atom is -0.342 e. The second kappa shape index (κ2) is 11.2. The summed E-state index contributed by atoms with van der Waals surface area (Å²) in [6.45, 7) is 15.7. The molecular weight excluding hydrogens is 338 g/mol. The summed E-state index contributed by atoms with van der Waals surface area (Å²) in [5.41, 5.74) is 0. The van der Waals surface area contributed by atoms with Crippen molar-refractivity contribution in [1.82, 2.24) is 14.7 Å². The molecule has 0 aromatic rings. The number of ketones is 1. The molecule has 1 amide bonds.